The van der Waals surface area contributed by atoms with Gasteiger partial charge >= 0.3 is 11.9 Å². The molecule has 0 radical (unpaired) electrons. The second-order valence-corrected chi connectivity index (χ2v) is 6.78. The Kier molecular flexibility index (Phi) is 12.7. The van der Waals surface area contributed by atoms with E-state index in [9.17, 15) is 9.59 Å². The number of halogens is 2. The second-order valence-electron chi connectivity index (χ2n) is 6.78. The number of aliphatic carboxylic acids is 2. The average Bonchev–Trinajstić information content (AvgIpc) is 2.45. The van der Waals surface area contributed by atoms with Crippen molar-refractivity contribution < 1.29 is 19.8 Å². The van der Waals surface area contributed by atoms with Crippen LogP contribution in [0.25, 0.3) is 0 Å². The van der Waals surface area contributed by atoms with Gasteiger partial charge < -0.3 is 20.0 Å². The molecule has 2 heterocycles. The van der Waals surface area contributed by atoms with Crippen LogP contribution in [0.4, 0.5) is 0 Å². The summed E-state index contributed by atoms with van der Waals surface area (Å²) in [6.45, 7) is 5.99. The van der Waals surface area contributed by atoms with E-state index in [-0.39, 0.29) is 36.6 Å². The van der Waals surface area contributed by atoms with Crippen LogP contribution in [0.2, 0.25) is 0 Å². The minimum absolute atomic E-state index is 0. The number of likely N-dealkylation sites (tertiary alicyclic amines) is 2. The molecule has 0 saturated carbocycles. The van der Waals surface area contributed by atoms with Crippen molar-refractivity contribution in [3.05, 3.63) is 0 Å². The van der Waals surface area contributed by atoms with E-state index in [1.807, 2.05) is 14.1 Å². The minimum Gasteiger partial charge on any atom is -0.481 e. The SMILES string of the molecule is C[C@@H]1C[C@H](C(=O)O)CCN1C.C[C@H]1C[C@@H](C(=O)O)CCN1C.Cl.Cl. The highest BCUT2D eigenvalue weighted by atomic mass is 35.5. The van der Waals surface area contributed by atoms with Gasteiger partial charge in [-0.05, 0) is 66.7 Å². The molecule has 0 aromatic rings. The topological polar surface area (TPSA) is 81.1 Å². The van der Waals surface area contributed by atoms with Crippen LogP contribution >= 0.6 is 24.8 Å². The molecular weight excluding hydrogens is 355 g/mol. The Bertz CT molecular complexity index is 362. The van der Waals surface area contributed by atoms with Crippen LogP contribution in [0.3, 0.4) is 0 Å². The van der Waals surface area contributed by atoms with Crippen molar-refractivity contribution in [2.24, 2.45) is 11.8 Å². The highest BCUT2D eigenvalue weighted by molar-refractivity contribution is 5.85. The van der Waals surface area contributed by atoms with Gasteiger partial charge in [0.15, 0.2) is 0 Å². The molecule has 0 aliphatic carbocycles. The Morgan fingerprint density at radius 2 is 1.08 bits per heavy atom. The maximum Gasteiger partial charge on any atom is 0.306 e. The molecule has 2 rings (SSSR count). The average molecular weight is 387 g/mol. The predicted octanol–water partition coefficient (Wildman–Crippen LogP) is 2.45. The summed E-state index contributed by atoms with van der Waals surface area (Å²) in [7, 11) is 4.09. The summed E-state index contributed by atoms with van der Waals surface area (Å²) in [4.78, 5) is 25.6. The van der Waals surface area contributed by atoms with Gasteiger partial charge in [-0.1, -0.05) is 0 Å². The van der Waals surface area contributed by atoms with Gasteiger partial charge in [0.05, 0.1) is 11.8 Å². The zero-order valence-corrected chi connectivity index (χ0v) is 16.6. The van der Waals surface area contributed by atoms with Crippen molar-refractivity contribution in [3.8, 4) is 0 Å². The third-order valence-electron chi connectivity index (χ3n) is 5.12. The van der Waals surface area contributed by atoms with Crippen molar-refractivity contribution in [3.63, 3.8) is 0 Å². The van der Waals surface area contributed by atoms with E-state index in [0.29, 0.717) is 12.1 Å². The van der Waals surface area contributed by atoms with E-state index in [2.05, 4.69) is 23.6 Å². The van der Waals surface area contributed by atoms with Crippen LogP contribution in [-0.2, 0) is 9.59 Å². The fraction of sp³-hybridized carbons (Fsp3) is 0.875. The van der Waals surface area contributed by atoms with Crippen molar-refractivity contribution in [2.75, 3.05) is 27.2 Å². The number of carboxylic acid groups (broad SMARTS) is 2. The minimum atomic E-state index is -0.634. The first kappa shape index (κ1) is 25.7. The Morgan fingerprint density at radius 1 is 0.792 bits per heavy atom. The predicted molar refractivity (Wildman–Crippen MR) is 99.4 cm³/mol. The molecule has 0 spiro atoms. The third-order valence-corrected chi connectivity index (χ3v) is 5.12. The molecule has 2 aliphatic heterocycles. The molecule has 2 fully saturated rings. The molecule has 144 valence electrons. The molecule has 24 heavy (non-hydrogen) atoms. The van der Waals surface area contributed by atoms with Crippen LogP contribution < -0.4 is 0 Å². The Hall–Kier alpha value is -0.560. The van der Waals surface area contributed by atoms with E-state index in [4.69, 9.17) is 10.2 Å². The molecule has 0 amide bonds. The lowest BCUT2D eigenvalue weighted by molar-refractivity contribution is -0.144. The van der Waals surface area contributed by atoms with Crippen molar-refractivity contribution in [1.82, 2.24) is 9.80 Å². The van der Waals surface area contributed by atoms with E-state index in [1.54, 1.807) is 0 Å². The summed E-state index contributed by atoms with van der Waals surface area (Å²) in [5.74, 6) is -1.49. The Balaban J connectivity index is 0. The maximum absolute atomic E-state index is 10.6. The van der Waals surface area contributed by atoms with E-state index in [1.165, 1.54) is 0 Å². The zero-order valence-electron chi connectivity index (χ0n) is 15.0. The second kappa shape index (κ2) is 11.9. The van der Waals surface area contributed by atoms with Gasteiger partial charge in [0.25, 0.3) is 0 Å². The fourth-order valence-corrected chi connectivity index (χ4v) is 3.03. The van der Waals surface area contributed by atoms with E-state index in [0.717, 1.165) is 38.8 Å². The van der Waals surface area contributed by atoms with Crippen molar-refractivity contribution in [1.29, 1.82) is 0 Å². The summed E-state index contributed by atoms with van der Waals surface area (Å²) >= 11 is 0. The van der Waals surface area contributed by atoms with Gasteiger partial charge in [-0.15, -0.1) is 24.8 Å². The molecule has 2 aliphatic rings. The van der Waals surface area contributed by atoms with Gasteiger partial charge in [-0.3, -0.25) is 9.59 Å². The normalized spacial score (nSPS) is 30.8. The highest BCUT2D eigenvalue weighted by Crippen LogP contribution is 2.21. The molecule has 0 aromatic carbocycles. The summed E-state index contributed by atoms with van der Waals surface area (Å²) in [5, 5.41) is 17.4. The lowest BCUT2D eigenvalue weighted by Crippen LogP contribution is -2.39. The van der Waals surface area contributed by atoms with Gasteiger partial charge in [-0.2, -0.15) is 0 Å². The molecule has 8 heteroatoms. The van der Waals surface area contributed by atoms with Crippen LogP contribution in [0.5, 0.6) is 0 Å². The number of carbonyl (C=O) groups is 2. The van der Waals surface area contributed by atoms with Crippen LogP contribution in [0.15, 0.2) is 0 Å². The molecule has 0 bridgehead atoms. The molecule has 0 unspecified atom stereocenters. The quantitative estimate of drug-likeness (QED) is 0.758. The molecule has 4 atom stereocenters. The maximum atomic E-state index is 10.6. The summed E-state index contributed by atoms with van der Waals surface area (Å²) in [6.07, 6.45) is 3.20. The summed E-state index contributed by atoms with van der Waals surface area (Å²) in [6, 6.07) is 0.842. The smallest absolute Gasteiger partial charge is 0.306 e. The number of rotatable bonds is 2. The number of carboxylic acids is 2. The van der Waals surface area contributed by atoms with Gasteiger partial charge in [0, 0.05) is 12.1 Å². The first-order valence-corrected chi connectivity index (χ1v) is 8.08. The van der Waals surface area contributed by atoms with Crippen molar-refractivity contribution in [2.45, 2.75) is 51.6 Å². The summed E-state index contributed by atoms with van der Waals surface area (Å²) < 4.78 is 0. The standard InChI is InChI=1S/2C8H15NO2.2ClH/c2*1-6-5-7(8(10)11)3-4-9(6)2;;/h2*6-7H,3-5H2,1-2H3,(H,10,11);2*1H/t2*6-,7-;;/m10../s1. The molecule has 2 saturated heterocycles. The molecule has 6 nitrogen and oxygen atoms in total. The number of nitrogens with zero attached hydrogens (tertiary/aromatic N) is 2. The Labute approximate surface area is 157 Å². The monoisotopic (exact) mass is 386 g/mol. The van der Waals surface area contributed by atoms with E-state index >= 15 is 0 Å². The lowest BCUT2D eigenvalue weighted by atomic mass is 9.92. The highest BCUT2D eigenvalue weighted by Gasteiger charge is 2.28. The number of hydrogen-bond acceptors (Lipinski definition) is 4. The lowest BCUT2D eigenvalue weighted by Gasteiger charge is -2.32. The molecule has 2 N–H and O–H groups in total. The fourth-order valence-electron chi connectivity index (χ4n) is 3.03. The van der Waals surface area contributed by atoms with Gasteiger partial charge in [0.1, 0.15) is 0 Å². The van der Waals surface area contributed by atoms with Gasteiger partial charge in [-0.25, -0.2) is 0 Å². The van der Waals surface area contributed by atoms with Crippen LogP contribution in [0.1, 0.15) is 39.5 Å². The van der Waals surface area contributed by atoms with Gasteiger partial charge in [0.2, 0.25) is 0 Å². The number of hydrogen-bond donors (Lipinski definition) is 2. The summed E-state index contributed by atoms with van der Waals surface area (Å²) in [5.41, 5.74) is 0. The van der Waals surface area contributed by atoms with E-state index < -0.39 is 11.9 Å². The van der Waals surface area contributed by atoms with Crippen LogP contribution in [-0.4, -0.2) is 71.2 Å². The Morgan fingerprint density at radius 3 is 1.29 bits per heavy atom. The first-order chi connectivity index (χ1) is 10.2. The van der Waals surface area contributed by atoms with Crippen LogP contribution in [0, 0.1) is 11.8 Å². The number of piperidine rings is 2. The molecule has 0 aromatic heterocycles. The first-order valence-electron chi connectivity index (χ1n) is 8.08. The zero-order chi connectivity index (χ0) is 16.9. The largest absolute Gasteiger partial charge is 0.481 e. The van der Waals surface area contributed by atoms with Crippen molar-refractivity contribution >= 4 is 36.8 Å². The third kappa shape index (κ3) is 8.01. The molecular formula is C16H32Cl2N2O4.